The average Bonchev–Trinajstić information content (AvgIpc) is 3.00. The first kappa shape index (κ1) is 13.2. The van der Waals surface area contributed by atoms with E-state index >= 15 is 0 Å². The molecule has 1 aromatic rings. The maximum absolute atomic E-state index is 13.2. The second-order valence-electron chi connectivity index (χ2n) is 5.52. The van der Waals surface area contributed by atoms with Crippen molar-refractivity contribution in [2.24, 2.45) is 17.6 Å². The topological polar surface area (TPSA) is 63.4 Å². The zero-order valence-corrected chi connectivity index (χ0v) is 11.1. The molecule has 2 atom stereocenters. The van der Waals surface area contributed by atoms with Crippen molar-refractivity contribution in [3.05, 3.63) is 35.1 Å². The number of halogens is 1. The first-order valence-electron chi connectivity index (χ1n) is 6.94. The van der Waals surface area contributed by atoms with Crippen LogP contribution < -0.4 is 5.73 Å². The molecule has 20 heavy (non-hydrogen) atoms. The molecule has 0 aromatic heterocycles. The van der Waals surface area contributed by atoms with Crippen molar-refractivity contribution in [3.8, 4) is 0 Å². The summed E-state index contributed by atoms with van der Waals surface area (Å²) in [6.07, 6.45) is 2.56. The van der Waals surface area contributed by atoms with Crippen molar-refractivity contribution in [2.75, 3.05) is 0 Å². The summed E-state index contributed by atoms with van der Waals surface area (Å²) in [6.45, 7) is 0.396. The molecule has 4 nitrogen and oxygen atoms in total. The minimum atomic E-state index is -0.356. The third-order valence-electron chi connectivity index (χ3n) is 4.40. The van der Waals surface area contributed by atoms with Gasteiger partial charge in [-0.1, -0.05) is 12.5 Å². The number of fused-ring (bicyclic) bond motifs is 1. The first-order valence-corrected chi connectivity index (χ1v) is 6.94. The fourth-order valence-electron chi connectivity index (χ4n) is 3.33. The Morgan fingerprint density at radius 1 is 1.15 bits per heavy atom. The lowest BCUT2D eigenvalue weighted by molar-refractivity contribution is -0.141. The van der Waals surface area contributed by atoms with Crippen molar-refractivity contribution in [1.29, 1.82) is 0 Å². The van der Waals surface area contributed by atoms with Crippen LogP contribution in [0.5, 0.6) is 0 Å². The summed E-state index contributed by atoms with van der Waals surface area (Å²) in [6, 6.07) is 4.30. The second kappa shape index (κ2) is 4.98. The Hall–Kier alpha value is -1.75. The number of hydrogen-bond acceptors (Lipinski definition) is 3. The van der Waals surface area contributed by atoms with Crippen LogP contribution in [0.4, 0.5) is 4.39 Å². The molecular weight excluding hydrogens is 259 g/mol. The third kappa shape index (κ3) is 2.02. The lowest BCUT2D eigenvalue weighted by atomic mass is 10.00. The standard InChI is InChI=1S/C15H17FN2O2/c16-11-5-4-9(10(6-11)7-17)8-18-14(19)12-2-1-3-13(12)15(18)20/h4-6,12-13H,1-3,7-8,17H2. The normalized spacial score (nSPS) is 25.4. The van der Waals surface area contributed by atoms with Gasteiger partial charge in [0.2, 0.25) is 11.8 Å². The number of rotatable bonds is 3. The molecule has 5 heteroatoms. The largest absolute Gasteiger partial charge is 0.326 e. The van der Waals surface area contributed by atoms with Crippen LogP contribution in [0.1, 0.15) is 30.4 Å². The van der Waals surface area contributed by atoms with Gasteiger partial charge in [0.1, 0.15) is 5.82 Å². The molecule has 0 radical (unpaired) electrons. The molecule has 0 spiro atoms. The van der Waals surface area contributed by atoms with E-state index in [4.69, 9.17) is 5.73 Å². The number of benzene rings is 1. The van der Waals surface area contributed by atoms with Crippen molar-refractivity contribution in [1.82, 2.24) is 4.90 Å². The van der Waals surface area contributed by atoms with Gasteiger partial charge >= 0.3 is 0 Å². The quantitative estimate of drug-likeness (QED) is 0.852. The lowest BCUT2D eigenvalue weighted by Gasteiger charge is -2.18. The fourth-order valence-corrected chi connectivity index (χ4v) is 3.33. The van der Waals surface area contributed by atoms with E-state index in [-0.39, 0.29) is 42.6 Å². The van der Waals surface area contributed by atoms with Gasteiger partial charge < -0.3 is 5.73 Å². The molecule has 1 aliphatic heterocycles. The number of likely N-dealkylation sites (tertiary alicyclic amines) is 1. The number of nitrogens with two attached hydrogens (primary N) is 1. The number of carbonyl (C=O) groups is 2. The molecule has 0 bridgehead atoms. The number of amides is 2. The predicted molar refractivity (Wildman–Crippen MR) is 70.7 cm³/mol. The molecule has 2 fully saturated rings. The zero-order chi connectivity index (χ0) is 14.3. The Kier molecular flexibility index (Phi) is 3.30. The molecule has 3 rings (SSSR count). The summed E-state index contributed by atoms with van der Waals surface area (Å²) < 4.78 is 13.2. The minimum Gasteiger partial charge on any atom is -0.326 e. The Labute approximate surface area is 116 Å². The van der Waals surface area contributed by atoms with E-state index in [1.165, 1.54) is 17.0 Å². The van der Waals surface area contributed by atoms with Gasteiger partial charge in [0.05, 0.1) is 18.4 Å². The zero-order valence-electron chi connectivity index (χ0n) is 11.1. The van der Waals surface area contributed by atoms with Gasteiger partial charge in [0.25, 0.3) is 0 Å². The first-order chi connectivity index (χ1) is 9.61. The van der Waals surface area contributed by atoms with E-state index in [0.717, 1.165) is 24.8 Å². The summed E-state index contributed by atoms with van der Waals surface area (Å²) in [5.41, 5.74) is 6.99. The highest BCUT2D eigenvalue weighted by Crippen LogP contribution is 2.40. The second-order valence-corrected chi connectivity index (χ2v) is 5.52. The van der Waals surface area contributed by atoms with Gasteiger partial charge in [-0.3, -0.25) is 14.5 Å². The van der Waals surface area contributed by atoms with Gasteiger partial charge in [-0.2, -0.15) is 0 Å². The molecule has 2 amide bonds. The molecule has 2 aliphatic rings. The molecule has 2 unspecified atom stereocenters. The molecular formula is C15H17FN2O2. The molecule has 1 aliphatic carbocycles. The van der Waals surface area contributed by atoms with Gasteiger partial charge in [-0.05, 0) is 36.1 Å². The summed E-state index contributed by atoms with van der Waals surface area (Å²) in [7, 11) is 0. The van der Waals surface area contributed by atoms with Crippen molar-refractivity contribution in [3.63, 3.8) is 0 Å². The van der Waals surface area contributed by atoms with E-state index < -0.39 is 0 Å². The smallest absolute Gasteiger partial charge is 0.233 e. The summed E-state index contributed by atoms with van der Waals surface area (Å²) >= 11 is 0. The average molecular weight is 276 g/mol. The minimum absolute atomic E-state index is 0.0789. The number of imide groups is 1. The molecule has 1 saturated heterocycles. The number of carbonyl (C=O) groups excluding carboxylic acids is 2. The Bertz CT molecular complexity index is 551. The maximum atomic E-state index is 13.2. The number of nitrogens with zero attached hydrogens (tertiary/aromatic N) is 1. The van der Waals surface area contributed by atoms with Crippen LogP contribution in [0.2, 0.25) is 0 Å². The summed E-state index contributed by atoms with van der Waals surface area (Å²) in [4.78, 5) is 25.9. The van der Waals surface area contributed by atoms with Gasteiger partial charge in [0.15, 0.2) is 0 Å². The van der Waals surface area contributed by atoms with Crippen LogP contribution >= 0.6 is 0 Å². The third-order valence-corrected chi connectivity index (χ3v) is 4.40. The Morgan fingerprint density at radius 3 is 2.40 bits per heavy atom. The molecule has 106 valence electrons. The fraction of sp³-hybridized carbons (Fsp3) is 0.467. The van der Waals surface area contributed by atoms with E-state index in [0.29, 0.717) is 5.56 Å². The molecule has 1 heterocycles. The maximum Gasteiger partial charge on any atom is 0.233 e. The van der Waals surface area contributed by atoms with Crippen LogP contribution in [-0.2, 0) is 22.7 Å². The Morgan fingerprint density at radius 2 is 1.80 bits per heavy atom. The van der Waals surface area contributed by atoms with Gasteiger partial charge in [-0.15, -0.1) is 0 Å². The lowest BCUT2D eigenvalue weighted by Crippen LogP contribution is -2.31. The predicted octanol–water partition coefficient (Wildman–Crippen LogP) is 1.57. The highest BCUT2D eigenvalue weighted by atomic mass is 19.1. The van der Waals surface area contributed by atoms with Gasteiger partial charge in [-0.25, -0.2) is 4.39 Å². The summed E-state index contributed by atoms with van der Waals surface area (Å²) in [5.74, 6) is -0.784. The van der Waals surface area contributed by atoms with E-state index in [2.05, 4.69) is 0 Å². The van der Waals surface area contributed by atoms with Crippen molar-refractivity contribution in [2.45, 2.75) is 32.4 Å². The monoisotopic (exact) mass is 276 g/mol. The van der Waals surface area contributed by atoms with Crippen molar-refractivity contribution >= 4 is 11.8 Å². The highest BCUT2D eigenvalue weighted by Gasteiger charge is 2.49. The van der Waals surface area contributed by atoms with Crippen LogP contribution in [-0.4, -0.2) is 16.7 Å². The van der Waals surface area contributed by atoms with E-state index in [9.17, 15) is 14.0 Å². The summed E-state index contributed by atoms with van der Waals surface area (Å²) in [5, 5.41) is 0. The highest BCUT2D eigenvalue weighted by molar-refractivity contribution is 6.05. The Balaban J connectivity index is 1.85. The van der Waals surface area contributed by atoms with Crippen LogP contribution in [0.15, 0.2) is 18.2 Å². The molecule has 1 aromatic carbocycles. The SMILES string of the molecule is NCc1cc(F)ccc1CN1C(=O)C2CCCC2C1=O. The van der Waals surface area contributed by atoms with Crippen molar-refractivity contribution < 1.29 is 14.0 Å². The van der Waals surface area contributed by atoms with Crippen LogP contribution in [0, 0.1) is 17.7 Å². The van der Waals surface area contributed by atoms with Gasteiger partial charge in [0, 0.05) is 6.54 Å². The number of hydrogen-bond donors (Lipinski definition) is 1. The van der Waals surface area contributed by atoms with Crippen LogP contribution in [0.3, 0.4) is 0 Å². The molecule has 1 saturated carbocycles. The van der Waals surface area contributed by atoms with E-state index in [1.54, 1.807) is 6.07 Å². The molecule has 2 N–H and O–H groups in total. The van der Waals surface area contributed by atoms with Crippen LogP contribution in [0.25, 0.3) is 0 Å². The van der Waals surface area contributed by atoms with E-state index in [1.807, 2.05) is 0 Å².